The van der Waals surface area contributed by atoms with E-state index in [1.807, 2.05) is 6.20 Å². The Morgan fingerprint density at radius 3 is 2.86 bits per heavy atom. The lowest BCUT2D eigenvalue weighted by Crippen LogP contribution is -1.78. The lowest BCUT2D eigenvalue weighted by atomic mass is 10.1. The normalized spacial score (nSPS) is 11.9. The van der Waals surface area contributed by atoms with Gasteiger partial charge in [-0.05, 0) is 29.0 Å². The summed E-state index contributed by atoms with van der Waals surface area (Å²) < 4.78 is 0. The molecule has 0 unspecified atom stereocenters. The van der Waals surface area contributed by atoms with Crippen molar-refractivity contribution in [2.45, 2.75) is 13.8 Å². The Morgan fingerprint density at radius 1 is 1.21 bits per heavy atom. The lowest BCUT2D eigenvalue weighted by molar-refractivity contribution is 0.836. The molecule has 2 aromatic rings. The van der Waals surface area contributed by atoms with Gasteiger partial charge in [-0.1, -0.05) is 38.1 Å². The van der Waals surface area contributed by atoms with Crippen LogP contribution in [0.5, 0.6) is 0 Å². The van der Waals surface area contributed by atoms with Gasteiger partial charge in [0.05, 0.1) is 0 Å². The van der Waals surface area contributed by atoms with E-state index in [-0.39, 0.29) is 0 Å². The number of aromatic amines is 1. The van der Waals surface area contributed by atoms with E-state index in [0.29, 0.717) is 5.92 Å². The molecular weight excluding hydrogens is 170 g/mol. The number of hydrogen-bond acceptors (Lipinski definition) is 0. The van der Waals surface area contributed by atoms with Crippen molar-refractivity contribution in [2.24, 2.45) is 5.92 Å². The van der Waals surface area contributed by atoms with Crippen molar-refractivity contribution < 1.29 is 0 Å². The van der Waals surface area contributed by atoms with Gasteiger partial charge in [-0.15, -0.1) is 0 Å². The topological polar surface area (TPSA) is 15.8 Å². The highest BCUT2D eigenvalue weighted by molar-refractivity contribution is 5.81. The van der Waals surface area contributed by atoms with Gasteiger partial charge in [0.25, 0.3) is 0 Å². The second kappa shape index (κ2) is 3.70. The Bertz CT molecular complexity index is 449. The first-order valence-corrected chi connectivity index (χ1v) is 5.01. The minimum absolute atomic E-state index is 0.606. The summed E-state index contributed by atoms with van der Waals surface area (Å²) in [5, 5.41) is 1.27. The molecule has 1 nitrogen and oxygen atoms in total. The quantitative estimate of drug-likeness (QED) is 0.731. The third-order valence-corrected chi connectivity index (χ3v) is 2.25. The zero-order valence-corrected chi connectivity index (χ0v) is 8.62. The molecule has 2 rings (SSSR count). The molecule has 14 heavy (non-hydrogen) atoms. The van der Waals surface area contributed by atoms with Crippen molar-refractivity contribution in [3.63, 3.8) is 0 Å². The van der Waals surface area contributed by atoms with Crippen molar-refractivity contribution in [3.8, 4) is 0 Å². The smallest absolute Gasteiger partial charge is 0.0459 e. The summed E-state index contributed by atoms with van der Waals surface area (Å²) in [5.74, 6) is 0.606. The SMILES string of the molecule is CC(C)/C=C/c1ccc2cc[nH]c2c1. The van der Waals surface area contributed by atoms with E-state index in [1.165, 1.54) is 16.5 Å². The van der Waals surface area contributed by atoms with E-state index < -0.39 is 0 Å². The van der Waals surface area contributed by atoms with E-state index in [4.69, 9.17) is 0 Å². The number of allylic oxidation sites excluding steroid dienone is 1. The Balaban J connectivity index is 2.34. The fraction of sp³-hybridized carbons (Fsp3) is 0.231. The maximum atomic E-state index is 3.21. The molecule has 0 aliphatic carbocycles. The molecule has 1 heterocycles. The minimum Gasteiger partial charge on any atom is -0.361 e. The average Bonchev–Trinajstić information content (AvgIpc) is 2.61. The highest BCUT2D eigenvalue weighted by atomic mass is 14.7. The van der Waals surface area contributed by atoms with Crippen LogP contribution in [-0.4, -0.2) is 4.98 Å². The number of fused-ring (bicyclic) bond motifs is 1. The van der Waals surface area contributed by atoms with Crippen LogP contribution in [-0.2, 0) is 0 Å². The van der Waals surface area contributed by atoms with E-state index in [2.05, 4.69) is 55.2 Å². The summed E-state index contributed by atoms with van der Waals surface area (Å²) >= 11 is 0. The van der Waals surface area contributed by atoms with Gasteiger partial charge in [0.15, 0.2) is 0 Å². The molecule has 1 aromatic carbocycles. The number of nitrogens with one attached hydrogen (secondary N) is 1. The molecule has 0 amide bonds. The molecule has 72 valence electrons. The Kier molecular flexibility index (Phi) is 2.40. The van der Waals surface area contributed by atoms with Crippen LogP contribution in [0, 0.1) is 5.92 Å². The molecule has 1 N–H and O–H groups in total. The first-order chi connectivity index (χ1) is 6.75. The van der Waals surface area contributed by atoms with Gasteiger partial charge < -0.3 is 4.98 Å². The standard InChI is InChI=1S/C13H15N/c1-10(2)3-4-11-5-6-12-7-8-14-13(12)9-11/h3-10,14H,1-2H3/b4-3+. The van der Waals surface area contributed by atoms with Crippen LogP contribution in [0.2, 0.25) is 0 Å². The average molecular weight is 185 g/mol. The number of rotatable bonds is 2. The van der Waals surface area contributed by atoms with Crippen molar-refractivity contribution in [1.82, 2.24) is 4.98 Å². The predicted molar refractivity (Wildman–Crippen MR) is 62.2 cm³/mol. The summed E-state index contributed by atoms with van der Waals surface area (Å²) in [6, 6.07) is 8.56. The minimum atomic E-state index is 0.606. The molecule has 0 spiro atoms. The van der Waals surface area contributed by atoms with E-state index in [9.17, 15) is 0 Å². The third-order valence-electron chi connectivity index (χ3n) is 2.25. The lowest BCUT2D eigenvalue weighted by Gasteiger charge is -1.96. The summed E-state index contributed by atoms with van der Waals surface area (Å²) in [6.07, 6.45) is 6.36. The van der Waals surface area contributed by atoms with Gasteiger partial charge in [-0.25, -0.2) is 0 Å². The molecule has 1 aromatic heterocycles. The zero-order chi connectivity index (χ0) is 9.97. The van der Waals surface area contributed by atoms with Crippen molar-refractivity contribution in [3.05, 3.63) is 42.1 Å². The van der Waals surface area contributed by atoms with Gasteiger partial charge in [-0.2, -0.15) is 0 Å². The molecule has 0 bridgehead atoms. The maximum Gasteiger partial charge on any atom is 0.0459 e. The van der Waals surface area contributed by atoms with Gasteiger partial charge in [0.2, 0.25) is 0 Å². The zero-order valence-electron chi connectivity index (χ0n) is 8.62. The summed E-state index contributed by atoms with van der Waals surface area (Å²) in [5.41, 5.74) is 2.46. The predicted octanol–water partition coefficient (Wildman–Crippen LogP) is 3.84. The second-order valence-corrected chi connectivity index (χ2v) is 3.93. The molecule has 0 aliphatic rings. The molecular formula is C13H15N. The summed E-state index contributed by atoms with van der Waals surface area (Å²) in [7, 11) is 0. The van der Waals surface area contributed by atoms with Crippen molar-refractivity contribution >= 4 is 17.0 Å². The van der Waals surface area contributed by atoms with Crippen LogP contribution in [0.3, 0.4) is 0 Å². The van der Waals surface area contributed by atoms with E-state index in [1.54, 1.807) is 0 Å². The molecule has 0 saturated heterocycles. The Labute approximate surface area is 84.5 Å². The van der Waals surface area contributed by atoms with Gasteiger partial charge >= 0.3 is 0 Å². The third kappa shape index (κ3) is 1.87. The molecule has 1 heteroatoms. The summed E-state index contributed by atoms with van der Waals surface area (Å²) in [6.45, 7) is 4.37. The number of hydrogen-bond donors (Lipinski definition) is 1. The maximum absolute atomic E-state index is 3.21. The van der Waals surface area contributed by atoms with Crippen LogP contribution in [0.25, 0.3) is 17.0 Å². The van der Waals surface area contributed by atoms with Crippen LogP contribution in [0.4, 0.5) is 0 Å². The van der Waals surface area contributed by atoms with Gasteiger partial charge in [0.1, 0.15) is 0 Å². The Morgan fingerprint density at radius 2 is 2.07 bits per heavy atom. The number of H-pyrrole nitrogens is 1. The fourth-order valence-electron chi connectivity index (χ4n) is 1.47. The highest BCUT2D eigenvalue weighted by Crippen LogP contribution is 2.15. The van der Waals surface area contributed by atoms with Gasteiger partial charge in [0, 0.05) is 11.7 Å². The first-order valence-electron chi connectivity index (χ1n) is 5.01. The molecule has 0 atom stereocenters. The van der Waals surface area contributed by atoms with E-state index in [0.717, 1.165) is 0 Å². The highest BCUT2D eigenvalue weighted by Gasteiger charge is 1.94. The summed E-state index contributed by atoms with van der Waals surface area (Å²) in [4.78, 5) is 3.21. The number of aromatic nitrogens is 1. The largest absolute Gasteiger partial charge is 0.361 e. The molecule has 0 fully saturated rings. The van der Waals surface area contributed by atoms with Gasteiger partial charge in [-0.3, -0.25) is 0 Å². The molecule has 0 radical (unpaired) electrons. The monoisotopic (exact) mass is 185 g/mol. The van der Waals surface area contributed by atoms with Crippen LogP contribution in [0.15, 0.2) is 36.5 Å². The van der Waals surface area contributed by atoms with Crippen molar-refractivity contribution in [1.29, 1.82) is 0 Å². The Hall–Kier alpha value is -1.50. The van der Waals surface area contributed by atoms with Crippen LogP contribution >= 0.6 is 0 Å². The fourth-order valence-corrected chi connectivity index (χ4v) is 1.47. The van der Waals surface area contributed by atoms with Crippen LogP contribution in [0.1, 0.15) is 19.4 Å². The second-order valence-electron chi connectivity index (χ2n) is 3.93. The van der Waals surface area contributed by atoms with E-state index >= 15 is 0 Å². The van der Waals surface area contributed by atoms with Crippen LogP contribution < -0.4 is 0 Å². The first kappa shape index (κ1) is 9.07. The number of benzene rings is 1. The molecule has 0 aliphatic heterocycles. The van der Waals surface area contributed by atoms with Crippen molar-refractivity contribution in [2.75, 3.05) is 0 Å². The molecule has 0 saturated carbocycles.